The summed E-state index contributed by atoms with van der Waals surface area (Å²) in [5.74, 6) is 0.613. The number of amides is 1. The Kier molecular flexibility index (Phi) is 4.29. The molecule has 2 aromatic rings. The van der Waals surface area contributed by atoms with E-state index in [1.54, 1.807) is 11.3 Å². The van der Waals surface area contributed by atoms with E-state index in [0.717, 1.165) is 35.9 Å². The molecule has 2 heterocycles. The summed E-state index contributed by atoms with van der Waals surface area (Å²) in [6.45, 7) is 4.02. The van der Waals surface area contributed by atoms with Gasteiger partial charge in [-0.3, -0.25) is 9.59 Å². The molecular weight excluding hydrogens is 298 g/mol. The van der Waals surface area contributed by atoms with Gasteiger partial charge in [0, 0.05) is 23.8 Å². The zero-order valence-corrected chi connectivity index (χ0v) is 13.8. The fourth-order valence-corrected chi connectivity index (χ4v) is 4.13. The molecule has 1 aliphatic carbocycles. The highest BCUT2D eigenvalue weighted by Gasteiger charge is 2.21. The predicted octanol–water partition coefficient (Wildman–Crippen LogP) is 2.32. The molecule has 0 radical (unpaired) electrons. The van der Waals surface area contributed by atoms with Crippen LogP contribution in [0.3, 0.4) is 0 Å². The van der Waals surface area contributed by atoms with Crippen molar-refractivity contribution in [3.63, 3.8) is 0 Å². The topological polar surface area (TPSA) is 74.8 Å². The first kappa shape index (κ1) is 15.2. The van der Waals surface area contributed by atoms with Crippen molar-refractivity contribution in [2.24, 2.45) is 0 Å². The molecule has 0 aliphatic heterocycles. The van der Waals surface area contributed by atoms with E-state index in [9.17, 15) is 9.59 Å². The Morgan fingerprint density at radius 3 is 3.05 bits per heavy atom. The molecule has 0 aromatic carbocycles. The van der Waals surface area contributed by atoms with Gasteiger partial charge in [0.1, 0.15) is 10.7 Å². The van der Waals surface area contributed by atoms with Crippen LogP contribution in [0.15, 0.2) is 4.79 Å². The number of H-pyrrole nitrogens is 1. The summed E-state index contributed by atoms with van der Waals surface area (Å²) in [6, 6.07) is 0.183. The highest BCUT2D eigenvalue weighted by Crippen LogP contribution is 2.34. The van der Waals surface area contributed by atoms with E-state index < -0.39 is 0 Å². The average molecular weight is 319 g/mol. The van der Waals surface area contributed by atoms with Crippen LogP contribution >= 0.6 is 11.3 Å². The lowest BCUT2D eigenvalue weighted by Crippen LogP contribution is -2.32. The van der Waals surface area contributed by atoms with E-state index in [1.807, 2.05) is 13.8 Å². The van der Waals surface area contributed by atoms with Gasteiger partial charge in [0.25, 0.3) is 5.56 Å². The quantitative estimate of drug-likeness (QED) is 0.888. The molecule has 3 rings (SSSR count). The molecule has 5 nitrogen and oxygen atoms in total. The van der Waals surface area contributed by atoms with Crippen molar-refractivity contribution in [3.05, 3.63) is 26.6 Å². The highest BCUT2D eigenvalue weighted by molar-refractivity contribution is 7.18. The van der Waals surface area contributed by atoms with Crippen LogP contribution < -0.4 is 10.9 Å². The molecule has 0 saturated heterocycles. The molecule has 6 heteroatoms. The molecule has 118 valence electrons. The maximum absolute atomic E-state index is 12.3. The first-order valence-corrected chi connectivity index (χ1v) is 8.73. The third kappa shape index (κ3) is 2.92. The minimum absolute atomic E-state index is 0.00534. The lowest BCUT2D eigenvalue weighted by molar-refractivity contribution is -0.121. The molecule has 1 unspecified atom stereocenters. The van der Waals surface area contributed by atoms with Gasteiger partial charge in [-0.2, -0.15) is 0 Å². The van der Waals surface area contributed by atoms with Crippen LogP contribution in [0.1, 0.15) is 49.4 Å². The Morgan fingerprint density at radius 1 is 1.45 bits per heavy atom. The molecule has 2 N–H and O–H groups in total. The predicted molar refractivity (Wildman–Crippen MR) is 88.5 cm³/mol. The SMILES string of the molecule is CCC(C)NC(=O)CCc1nc2sc3c(c2c(=O)[nH]1)CCC3. The number of thiophene rings is 1. The number of hydrogen-bond acceptors (Lipinski definition) is 4. The number of carbonyl (C=O) groups is 1. The minimum atomic E-state index is -0.0539. The first-order chi connectivity index (χ1) is 10.6. The number of nitrogens with zero attached hydrogens (tertiary/aromatic N) is 1. The molecular formula is C16H21N3O2S. The number of fused-ring (bicyclic) bond motifs is 3. The van der Waals surface area contributed by atoms with Crippen molar-refractivity contribution in [1.82, 2.24) is 15.3 Å². The van der Waals surface area contributed by atoms with Crippen molar-refractivity contribution in [1.29, 1.82) is 0 Å². The molecule has 2 aromatic heterocycles. The van der Waals surface area contributed by atoms with Crippen LogP contribution in [-0.4, -0.2) is 21.9 Å². The Labute approximate surface area is 133 Å². The van der Waals surface area contributed by atoms with Crippen LogP contribution in [0.4, 0.5) is 0 Å². The van der Waals surface area contributed by atoms with Gasteiger partial charge in [-0.25, -0.2) is 4.98 Å². The summed E-state index contributed by atoms with van der Waals surface area (Å²) in [5, 5.41) is 3.70. The van der Waals surface area contributed by atoms with Gasteiger partial charge in [-0.05, 0) is 38.2 Å². The Morgan fingerprint density at radius 2 is 2.27 bits per heavy atom. The van der Waals surface area contributed by atoms with E-state index >= 15 is 0 Å². The summed E-state index contributed by atoms with van der Waals surface area (Å²) >= 11 is 1.63. The first-order valence-electron chi connectivity index (χ1n) is 7.91. The smallest absolute Gasteiger partial charge is 0.259 e. The summed E-state index contributed by atoms with van der Waals surface area (Å²) in [4.78, 5) is 33.7. The van der Waals surface area contributed by atoms with E-state index in [4.69, 9.17) is 0 Å². The van der Waals surface area contributed by atoms with E-state index in [2.05, 4.69) is 15.3 Å². The molecule has 0 spiro atoms. The number of nitrogens with one attached hydrogen (secondary N) is 2. The molecule has 0 fully saturated rings. The van der Waals surface area contributed by atoms with Crippen LogP contribution in [0.25, 0.3) is 10.2 Å². The Hall–Kier alpha value is -1.69. The van der Waals surface area contributed by atoms with Gasteiger partial charge >= 0.3 is 0 Å². The highest BCUT2D eigenvalue weighted by atomic mass is 32.1. The van der Waals surface area contributed by atoms with E-state index in [0.29, 0.717) is 18.7 Å². The third-order valence-electron chi connectivity index (χ3n) is 4.23. The number of aryl methyl sites for hydroxylation is 3. The summed E-state index contributed by atoms with van der Waals surface area (Å²) < 4.78 is 0. The van der Waals surface area contributed by atoms with Crippen LogP contribution in [0.2, 0.25) is 0 Å². The van der Waals surface area contributed by atoms with Crippen LogP contribution in [0, 0.1) is 0 Å². The largest absolute Gasteiger partial charge is 0.354 e. The van der Waals surface area contributed by atoms with Gasteiger partial charge in [-0.1, -0.05) is 6.92 Å². The number of hydrogen-bond donors (Lipinski definition) is 2. The van der Waals surface area contributed by atoms with E-state index in [1.165, 1.54) is 10.4 Å². The van der Waals surface area contributed by atoms with Gasteiger partial charge in [0.2, 0.25) is 5.91 Å². The zero-order chi connectivity index (χ0) is 15.7. The average Bonchev–Trinajstić information content (AvgIpc) is 3.05. The summed E-state index contributed by atoms with van der Waals surface area (Å²) in [7, 11) is 0. The maximum Gasteiger partial charge on any atom is 0.259 e. The van der Waals surface area contributed by atoms with Gasteiger partial charge in [-0.15, -0.1) is 11.3 Å². The van der Waals surface area contributed by atoms with Crippen LogP contribution in [0.5, 0.6) is 0 Å². The van der Waals surface area contributed by atoms with Crippen molar-refractivity contribution < 1.29 is 4.79 Å². The van der Waals surface area contributed by atoms with Gasteiger partial charge in [0.15, 0.2) is 0 Å². The fourth-order valence-electron chi connectivity index (χ4n) is 2.85. The number of aromatic nitrogens is 2. The van der Waals surface area contributed by atoms with Crippen molar-refractivity contribution >= 4 is 27.5 Å². The number of carbonyl (C=O) groups excluding carboxylic acids is 1. The fraction of sp³-hybridized carbons (Fsp3) is 0.562. The second kappa shape index (κ2) is 6.20. The standard InChI is InChI=1S/C16H21N3O2S/c1-3-9(2)17-13(20)8-7-12-18-15(21)14-10-5-4-6-11(10)22-16(14)19-12/h9H,3-8H2,1-2H3,(H,17,20)(H,18,19,21). The normalized spacial score (nSPS) is 15.0. The monoisotopic (exact) mass is 319 g/mol. The zero-order valence-electron chi connectivity index (χ0n) is 13.0. The number of aromatic amines is 1. The minimum Gasteiger partial charge on any atom is -0.354 e. The van der Waals surface area contributed by atoms with Crippen LogP contribution in [-0.2, 0) is 24.1 Å². The Bertz CT molecular complexity index is 763. The second-order valence-electron chi connectivity index (χ2n) is 5.93. The maximum atomic E-state index is 12.3. The molecule has 22 heavy (non-hydrogen) atoms. The second-order valence-corrected chi connectivity index (χ2v) is 7.01. The summed E-state index contributed by atoms with van der Waals surface area (Å²) in [6.07, 6.45) is 4.90. The lowest BCUT2D eigenvalue weighted by atomic mass is 10.2. The van der Waals surface area contributed by atoms with Crippen molar-refractivity contribution in [2.45, 2.75) is 58.4 Å². The molecule has 1 atom stereocenters. The molecule has 0 bridgehead atoms. The van der Waals surface area contributed by atoms with Crippen molar-refractivity contribution in [2.75, 3.05) is 0 Å². The molecule has 0 saturated carbocycles. The van der Waals surface area contributed by atoms with Crippen molar-refractivity contribution in [3.8, 4) is 0 Å². The Balaban J connectivity index is 1.76. The number of rotatable bonds is 5. The third-order valence-corrected chi connectivity index (χ3v) is 5.42. The van der Waals surface area contributed by atoms with E-state index in [-0.39, 0.29) is 17.5 Å². The van der Waals surface area contributed by atoms with Gasteiger partial charge < -0.3 is 10.3 Å². The molecule has 1 amide bonds. The van der Waals surface area contributed by atoms with Gasteiger partial charge in [0.05, 0.1) is 5.39 Å². The summed E-state index contributed by atoms with van der Waals surface area (Å²) in [5.41, 5.74) is 1.14. The lowest BCUT2D eigenvalue weighted by Gasteiger charge is -2.10. The molecule has 1 aliphatic rings.